The molecule has 8 rings (SSSR count). The number of phenols is 1. The summed E-state index contributed by atoms with van der Waals surface area (Å²) in [6.07, 6.45) is 10.2. The number of benzene rings is 2. The Morgan fingerprint density at radius 1 is 1.21 bits per heavy atom. The zero-order chi connectivity index (χ0) is 33.4. The molecule has 5 aliphatic heterocycles. The van der Waals surface area contributed by atoms with Crippen LogP contribution in [0.3, 0.4) is 0 Å². The largest absolute Gasteiger partial charge is 0.508 e. The molecule has 0 aliphatic carbocycles. The van der Waals surface area contributed by atoms with Gasteiger partial charge in [-0.3, -0.25) is 9.69 Å². The number of aromatic hydroxyl groups is 1. The van der Waals surface area contributed by atoms with Crippen LogP contribution in [0, 0.1) is 18.2 Å². The lowest BCUT2D eigenvalue weighted by Gasteiger charge is -2.42. The van der Waals surface area contributed by atoms with Crippen LogP contribution in [0.5, 0.6) is 11.8 Å². The molecule has 1 amide bonds. The Morgan fingerprint density at radius 2 is 2.00 bits per heavy atom. The lowest BCUT2D eigenvalue weighted by Crippen LogP contribution is -2.58. The van der Waals surface area contributed by atoms with E-state index in [-0.39, 0.29) is 49.0 Å². The van der Waals surface area contributed by atoms with Gasteiger partial charge >= 0.3 is 6.01 Å². The van der Waals surface area contributed by atoms with E-state index >= 15 is 8.78 Å². The number of carbonyl (C=O) groups excluding carboxylic acids is 1. The molecule has 4 fully saturated rings. The van der Waals surface area contributed by atoms with E-state index in [1.807, 2.05) is 0 Å². The number of fused-ring (bicyclic) bond motifs is 5. The van der Waals surface area contributed by atoms with E-state index in [2.05, 4.69) is 17.4 Å². The normalized spacial score (nSPS) is 25.5. The van der Waals surface area contributed by atoms with Crippen LogP contribution in [-0.4, -0.2) is 87.1 Å². The summed E-state index contributed by atoms with van der Waals surface area (Å²) in [5.74, 6) is -1.27. The third-order valence-electron chi connectivity index (χ3n) is 11.0. The van der Waals surface area contributed by atoms with Crippen LogP contribution in [0.4, 0.5) is 19.0 Å². The Labute approximate surface area is 276 Å². The highest BCUT2D eigenvalue weighted by Gasteiger charge is 2.59. The van der Waals surface area contributed by atoms with Crippen molar-refractivity contribution in [2.24, 2.45) is 0 Å². The van der Waals surface area contributed by atoms with Crippen molar-refractivity contribution < 1.29 is 32.5 Å². The van der Waals surface area contributed by atoms with E-state index in [0.29, 0.717) is 40.0 Å². The number of ether oxygens (including phenoxy) is 2. The van der Waals surface area contributed by atoms with E-state index in [9.17, 15) is 14.3 Å². The molecular formula is C36H36F3N5O4. The van der Waals surface area contributed by atoms with Gasteiger partial charge in [-0.15, -0.1) is 6.42 Å². The zero-order valence-electron chi connectivity index (χ0n) is 26.4. The fourth-order valence-corrected chi connectivity index (χ4v) is 8.80. The predicted molar refractivity (Wildman–Crippen MR) is 171 cm³/mol. The maximum atomic E-state index is 15.3. The summed E-state index contributed by atoms with van der Waals surface area (Å²) in [7, 11) is 0. The Morgan fingerprint density at radius 3 is 2.73 bits per heavy atom. The van der Waals surface area contributed by atoms with Crippen LogP contribution >= 0.6 is 0 Å². The fraction of sp³-hybridized carbons (Fsp3) is 0.472. The molecule has 0 unspecified atom stereocenters. The first-order valence-electron chi connectivity index (χ1n) is 16.5. The molecule has 0 spiro atoms. The van der Waals surface area contributed by atoms with Crippen LogP contribution < -0.4 is 9.64 Å². The topological polar surface area (TPSA) is 91.3 Å². The molecule has 6 heterocycles. The Kier molecular flexibility index (Phi) is 7.34. The molecule has 5 aliphatic rings. The second-order valence-electron chi connectivity index (χ2n) is 13.7. The van der Waals surface area contributed by atoms with Crippen molar-refractivity contribution in [2.45, 2.75) is 74.8 Å². The van der Waals surface area contributed by atoms with E-state index in [1.165, 1.54) is 23.1 Å². The first-order valence-corrected chi connectivity index (χ1v) is 16.5. The van der Waals surface area contributed by atoms with Gasteiger partial charge in [-0.25, -0.2) is 13.2 Å². The molecule has 2 bridgehead atoms. The second kappa shape index (κ2) is 11.4. The fourth-order valence-electron chi connectivity index (χ4n) is 8.80. The quantitative estimate of drug-likeness (QED) is 0.296. The van der Waals surface area contributed by atoms with Crippen LogP contribution in [-0.2, 0) is 22.6 Å². The van der Waals surface area contributed by atoms with Crippen molar-refractivity contribution in [3.05, 3.63) is 65.1 Å². The standard InChI is InChI=1S/C36H36F3N5O4/c1-3-24-27(37)8-7-21-13-23(45)14-25(32(21)24)29-15-28-26(19-47-29)33(41-34(40-28)48-20-35-9-5-11-43(35)12-6-10-35)42-17-22-16-36(38,39)30(18-42)44(22)31(46)4-2/h1,4,7-8,13-14,22,29-30,45H,2,5-6,9-12,15-20H2/t22-,29-,30-/m1/s1. The smallest absolute Gasteiger partial charge is 0.318 e. The van der Waals surface area contributed by atoms with Gasteiger partial charge in [0.15, 0.2) is 0 Å². The highest BCUT2D eigenvalue weighted by molar-refractivity contribution is 5.93. The molecule has 9 nitrogen and oxygen atoms in total. The maximum Gasteiger partial charge on any atom is 0.318 e. The van der Waals surface area contributed by atoms with Gasteiger partial charge in [-0.2, -0.15) is 9.97 Å². The van der Waals surface area contributed by atoms with Gasteiger partial charge in [0.05, 0.1) is 35.5 Å². The molecule has 12 heteroatoms. The van der Waals surface area contributed by atoms with Crippen LogP contribution in [0.1, 0.15) is 60.6 Å². The van der Waals surface area contributed by atoms with Crippen molar-refractivity contribution in [3.8, 4) is 24.1 Å². The number of phenolic OH excluding ortho intramolecular Hbond substituents is 1. The van der Waals surface area contributed by atoms with E-state index in [1.54, 1.807) is 11.0 Å². The number of amides is 1. The van der Waals surface area contributed by atoms with E-state index in [0.717, 1.165) is 44.8 Å². The minimum Gasteiger partial charge on any atom is -0.508 e. The van der Waals surface area contributed by atoms with Crippen LogP contribution in [0.2, 0.25) is 0 Å². The number of hydrogen-bond donors (Lipinski definition) is 1. The van der Waals surface area contributed by atoms with E-state index < -0.39 is 42.3 Å². The molecule has 0 radical (unpaired) electrons. The van der Waals surface area contributed by atoms with Gasteiger partial charge in [-0.05, 0) is 74.0 Å². The van der Waals surface area contributed by atoms with Gasteiger partial charge in [0, 0.05) is 36.9 Å². The molecule has 2 aromatic carbocycles. The number of rotatable bonds is 6. The van der Waals surface area contributed by atoms with Crippen molar-refractivity contribution in [2.75, 3.05) is 37.7 Å². The average Bonchev–Trinajstić information content (AvgIpc) is 3.70. The van der Waals surface area contributed by atoms with E-state index in [4.69, 9.17) is 25.9 Å². The Hall–Kier alpha value is -4.34. The summed E-state index contributed by atoms with van der Waals surface area (Å²) >= 11 is 0. The van der Waals surface area contributed by atoms with Crippen LogP contribution in [0.25, 0.3) is 10.8 Å². The number of aromatic nitrogens is 2. The average molecular weight is 660 g/mol. The SMILES string of the molecule is C#Cc1c(F)ccc2cc(O)cc([C@H]3Cc4nc(OCC56CCCN5CCC6)nc(N5C[C@H]6CC(F)(F)[C@@H](C5)N6C(=O)C=C)c4CO3)c12. The summed E-state index contributed by atoms with van der Waals surface area (Å²) in [5, 5.41) is 11.6. The molecular weight excluding hydrogens is 623 g/mol. The predicted octanol–water partition coefficient (Wildman–Crippen LogP) is 4.89. The molecule has 0 saturated carbocycles. The number of terminal acetylenes is 1. The number of carbonyl (C=O) groups is 1. The molecule has 4 saturated heterocycles. The summed E-state index contributed by atoms with van der Waals surface area (Å²) in [5.41, 5.74) is 1.77. The maximum absolute atomic E-state index is 15.3. The lowest BCUT2D eigenvalue weighted by molar-refractivity contribution is -0.132. The van der Waals surface area contributed by atoms with Gasteiger partial charge in [0.1, 0.15) is 30.0 Å². The van der Waals surface area contributed by atoms with Crippen molar-refractivity contribution in [1.82, 2.24) is 19.8 Å². The summed E-state index contributed by atoms with van der Waals surface area (Å²) < 4.78 is 58.1. The first-order chi connectivity index (χ1) is 23.1. The number of nitrogens with zero attached hydrogens (tertiary/aromatic N) is 5. The van der Waals surface area contributed by atoms with Crippen molar-refractivity contribution in [1.29, 1.82) is 0 Å². The molecule has 3 atom stereocenters. The molecule has 1 aromatic heterocycles. The monoisotopic (exact) mass is 659 g/mol. The first kappa shape index (κ1) is 31.0. The third kappa shape index (κ3) is 4.89. The number of hydrogen-bond acceptors (Lipinski definition) is 8. The minimum absolute atomic E-state index is 0.0193. The van der Waals surface area contributed by atoms with Gasteiger partial charge in [0.2, 0.25) is 5.91 Å². The highest BCUT2D eigenvalue weighted by Crippen LogP contribution is 2.46. The molecule has 3 aromatic rings. The minimum atomic E-state index is -3.07. The number of alkyl halides is 2. The summed E-state index contributed by atoms with van der Waals surface area (Å²) in [6.45, 7) is 6.04. The van der Waals surface area contributed by atoms with Crippen LogP contribution in [0.15, 0.2) is 36.9 Å². The zero-order valence-corrected chi connectivity index (χ0v) is 26.4. The van der Waals surface area contributed by atoms with Gasteiger partial charge in [-0.1, -0.05) is 18.6 Å². The second-order valence-corrected chi connectivity index (χ2v) is 13.7. The Bertz CT molecular complexity index is 1870. The number of halogens is 3. The third-order valence-corrected chi connectivity index (χ3v) is 11.0. The number of anilines is 1. The summed E-state index contributed by atoms with van der Waals surface area (Å²) in [6, 6.07) is 3.98. The van der Waals surface area contributed by atoms with Gasteiger partial charge in [0.25, 0.3) is 5.92 Å². The molecule has 48 heavy (non-hydrogen) atoms. The summed E-state index contributed by atoms with van der Waals surface area (Å²) in [4.78, 5) is 27.8. The molecule has 250 valence electrons. The molecule has 1 N–H and O–H groups in total. The van der Waals surface area contributed by atoms with Crippen molar-refractivity contribution in [3.63, 3.8) is 0 Å². The Balaban J connectivity index is 1.18. The van der Waals surface area contributed by atoms with Gasteiger partial charge < -0.3 is 24.4 Å². The highest BCUT2D eigenvalue weighted by atomic mass is 19.3. The number of piperazine rings is 1. The van der Waals surface area contributed by atoms with Crippen molar-refractivity contribution >= 4 is 22.5 Å². The lowest BCUT2D eigenvalue weighted by atomic mass is 9.91.